The number of fused-ring (bicyclic) bond motifs is 2. The fourth-order valence-electron chi connectivity index (χ4n) is 7.42. The number of aromatic nitrogens is 4. The molecule has 2 aromatic carbocycles. The van der Waals surface area contributed by atoms with Gasteiger partial charge in [0.25, 0.3) is 5.56 Å². The van der Waals surface area contributed by atoms with Crippen LogP contribution in [0.4, 0.5) is 5.82 Å². The molecule has 3 aromatic heterocycles. The first-order valence-electron chi connectivity index (χ1n) is 16.3. The van der Waals surface area contributed by atoms with Crippen molar-refractivity contribution < 1.29 is 8.42 Å². The molecule has 252 valence electrons. The van der Waals surface area contributed by atoms with Crippen molar-refractivity contribution in [3.05, 3.63) is 114 Å². The molecule has 2 atom stereocenters. The highest BCUT2D eigenvalue weighted by atomic mass is 32.2. The summed E-state index contributed by atoms with van der Waals surface area (Å²) in [6, 6.07) is 6.04. The zero-order valence-electron chi connectivity index (χ0n) is 30.5. The topological polar surface area (TPSA) is 98.1 Å². The average molecular weight is 666 g/mol. The molecule has 9 heteroatoms. The Balaban J connectivity index is 0.000000188. The molecule has 48 heavy (non-hydrogen) atoms. The first kappa shape index (κ1) is 35.0. The van der Waals surface area contributed by atoms with Crippen molar-refractivity contribution in [2.24, 2.45) is 7.05 Å². The van der Waals surface area contributed by atoms with E-state index in [0.29, 0.717) is 5.82 Å². The van der Waals surface area contributed by atoms with Gasteiger partial charge in [-0.1, -0.05) is 13.0 Å². The minimum absolute atomic E-state index is 0.0209. The van der Waals surface area contributed by atoms with Crippen LogP contribution in [0.15, 0.2) is 41.6 Å². The van der Waals surface area contributed by atoms with Crippen LogP contribution in [0, 0.1) is 69.2 Å². The molecule has 6 rings (SSSR count). The zero-order chi connectivity index (χ0) is 35.6. The second-order valence-electron chi connectivity index (χ2n) is 13.4. The van der Waals surface area contributed by atoms with Crippen LogP contribution < -0.4 is 9.86 Å². The van der Waals surface area contributed by atoms with Crippen LogP contribution in [0.1, 0.15) is 85.0 Å². The molecule has 0 saturated carbocycles. The van der Waals surface area contributed by atoms with Gasteiger partial charge in [0, 0.05) is 44.0 Å². The summed E-state index contributed by atoms with van der Waals surface area (Å²) in [4.78, 5) is 26.2. The van der Waals surface area contributed by atoms with Crippen LogP contribution in [0.2, 0.25) is 0 Å². The molecule has 0 radical (unpaired) electrons. The van der Waals surface area contributed by atoms with E-state index in [1.54, 1.807) is 31.1 Å². The molecule has 8 nitrogen and oxygen atoms in total. The quantitative estimate of drug-likeness (QED) is 0.191. The predicted molar refractivity (Wildman–Crippen MR) is 197 cm³/mol. The Bertz CT molecular complexity index is 2260. The van der Waals surface area contributed by atoms with Gasteiger partial charge in [-0.2, -0.15) is 0 Å². The maximum atomic E-state index is 13.2. The summed E-state index contributed by atoms with van der Waals surface area (Å²) >= 11 is 0. The smallest absolute Gasteiger partial charge is 0.260 e. The lowest BCUT2D eigenvalue weighted by Gasteiger charge is -2.37. The van der Waals surface area contributed by atoms with E-state index in [9.17, 15) is 13.2 Å². The molecule has 0 aliphatic carbocycles. The van der Waals surface area contributed by atoms with Gasteiger partial charge in [-0.15, -0.1) is 0 Å². The zero-order valence-corrected chi connectivity index (χ0v) is 31.3. The standard InChI is InChI=1S/C21H24N2O.C18H23N3O2S/c1-11-12(2)14(4)18(15(5)13(11)3)19-16(6)17-9-8-10-22-20(17)23(7)21(19)24;1-10-9-11(2)15(13(4)12(10)3)17-14(5)16-18(20-8-7-19-16)21(6)24(17,22)23/h8-10H,1-7H3;7-9,14,17H,1-6H3. The van der Waals surface area contributed by atoms with Crippen LogP contribution in [-0.2, 0) is 17.1 Å². The number of benzene rings is 2. The van der Waals surface area contributed by atoms with E-state index >= 15 is 0 Å². The minimum Gasteiger partial charge on any atom is -0.295 e. The Morgan fingerprint density at radius 1 is 0.667 bits per heavy atom. The molecule has 5 aromatic rings. The van der Waals surface area contributed by atoms with Crippen molar-refractivity contribution >= 4 is 26.9 Å². The van der Waals surface area contributed by atoms with Crippen LogP contribution in [0.5, 0.6) is 0 Å². The number of aryl methyl sites for hydroxylation is 4. The predicted octanol–water partition coefficient (Wildman–Crippen LogP) is 7.79. The number of hydrogen-bond acceptors (Lipinski definition) is 6. The van der Waals surface area contributed by atoms with E-state index in [0.717, 1.165) is 55.7 Å². The van der Waals surface area contributed by atoms with Gasteiger partial charge in [0.2, 0.25) is 10.0 Å². The highest BCUT2D eigenvalue weighted by Crippen LogP contribution is 2.48. The largest absolute Gasteiger partial charge is 0.295 e. The summed E-state index contributed by atoms with van der Waals surface area (Å²) in [5.41, 5.74) is 15.9. The molecule has 0 saturated heterocycles. The van der Waals surface area contributed by atoms with E-state index in [1.165, 1.54) is 43.9 Å². The SMILES string of the molecule is Cc1c(C)c(C)c(-c2c(C)c3cccnc3n(C)c2=O)c(C)c1C.Cc1cc(C)c(C2C(C)c3nccnc3N(C)S2(=O)=O)c(C)c1C. The Kier molecular flexibility index (Phi) is 9.16. The summed E-state index contributed by atoms with van der Waals surface area (Å²) in [5, 5.41) is 0.385. The van der Waals surface area contributed by atoms with Gasteiger partial charge < -0.3 is 0 Å². The summed E-state index contributed by atoms with van der Waals surface area (Å²) in [6.07, 6.45) is 4.89. The Labute approximate surface area is 285 Å². The lowest BCUT2D eigenvalue weighted by Crippen LogP contribution is -2.40. The number of anilines is 1. The van der Waals surface area contributed by atoms with Gasteiger partial charge in [0.05, 0.1) is 11.3 Å². The van der Waals surface area contributed by atoms with Crippen LogP contribution >= 0.6 is 0 Å². The third-order valence-electron chi connectivity index (χ3n) is 10.9. The molecule has 0 fully saturated rings. The molecule has 4 heterocycles. The van der Waals surface area contributed by atoms with Gasteiger partial charge in [-0.3, -0.25) is 18.7 Å². The average Bonchev–Trinajstić information content (AvgIpc) is 3.06. The second kappa shape index (κ2) is 12.6. The molecule has 0 bridgehead atoms. The fraction of sp³-hybridized carbons (Fsp3) is 0.385. The number of nitrogens with zero attached hydrogens (tertiary/aromatic N) is 5. The van der Waals surface area contributed by atoms with Crippen LogP contribution in [0.3, 0.4) is 0 Å². The summed E-state index contributed by atoms with van der Waals surface area (Å²) in [5.74, 6) is 0.176. The molecular weight excluding hydrogens is 619 g/mol. The highest BCUT2D eigenvalue weighted by molar-refractivity contribution is 7.93. The summed E-state index contributed by atoms with van der Waals surface area (Å²) in [7, 11) is -0.194. The van der Waals surface area contributed by atoms with E-state index in [-0.39, 0.29) is 11.5 Å². The van der Waals surface area contributed by atoms with E-state index < -0.39 is 15.3 Å². The lowest BCUT2D eigenvalue weighted by molar-refractivity contribution is 0.550. The highest BCUT2D eigenvalue weighted by Gasteiger charge is 2.45. The van der Waals surface area contributed by atoms with E-state index in [4.69, 9.17) is 0 Å². The minimum atomic E-state index is -3.56. The molecule has 1 aliphatic heterocycles. The van der Waals surface area contributed by atoms with Crippen LogP contribution in [0.25, 0.3) is 22.2 Å². The van der Waals surface area contributed by atoms with Crippen molar-refractivity contribution in [2.45, 2.75) is 87.3 Å². The number of hydrogen-bond donors (Lipinski definition) is 0. The van der Waals surface area contributed by atoms with Gasteiger partial charge in [-0.25, -0.2) is 18.4 Å². The van der Waals surface area contributed by atoms with Gasteiger partial charge in [0.1, 0.15) is 10.9 Å². The third-order valence-corrected chi connectivity index (χ3v) is 13.2. The second-order valence-corrected chi connectivity index (χ2v) is 15.5. The maximum Gasteiger partial charge on any atom is 0.260 e. The Morgan fingerprint density at radius 3 is 1.88 bits per heavy atom. The van der Waals surface area contributed by atoms with Crippen molar-refractivity contribution in [1.82, 2.24) is 19.5 Å². The first-order chi connectivity index (χ1) is 22.4. The van der Waals surface area contributed by atoms with Crippen LogP contribution in [-0.4, -0.2) is 35.0 Å². The molecule has 2 unspecified atom stereocenters. The number of pyridine rings is 2. The monoisotopic (exact) mass is 665 g/mol. The lowest BCUT2D eigenvalue weighted by atomic mass is 9.85. The molecule has 0 N–H and O–H groups in total. The molecule has 0 spiro atoms. The van der Waals surface area contributed by atoms with Crippen molar-refractivity contribution in [1.29, 1.82) is 0 Å². The fourth-order valence-corrected chi connectivity index (χ4v) is 9.45. The van der Waals surface area contributed by atoms with Gasteiger partial charge in [-0.05, 0) is 148 Å². The maximum absolute atomic E-state index is 13.2. The summed E-state index contributed by atoms with van der Waals surface area (Å²) < 4.78 is 29.4. The molecule has 0 amide bonds. The van der Waals surface area contributed by atoms with Gasteiger partial charge >= 0.3 is 0 Å². The Hall–Kier alpha value is -4.37. The van der Waals surface area contributed by atoms with Gasteiger partial charge in [0.15, 0.2) is 5.82 Å². The summed E-state index contributed by atoms with van der Waals surface area (Å²) in [6.45, 7) is 22.8. The van der Waals surface area contributed by atoms with Crippen molar-refractivity contribution in [3.8, 4) is 11.1 Å². The third kappa shape index (κ3) is 5.32. The first-order valence-corrected chi connectivity index (χ1v) is 17.8. The van der Waals surface area contributed by atoms with E-state index in [1.807, 2.05) is 46.8 Å². The normalized spacial score (nSPS) is 16.8. The molecular formula is C39H47N5O3S. The number of sulfonamides is 1. The van der Waals surface area contributed by atoms with E-state index in [2.05, 4.69) is 62.6 Å². The van der Waals surface area contributed by atoms with Crippen molar-refractivity contribution in [2.75, 3.05) is 11.4 Å². The molecule has 1 aliphatic rings. The number of rotatable bonds is 2. The Morgan fingerprint density at radius 2 is 1.25 bits per heavy atom. The van der Waals surface area contributed by atoms with Crippen molar-refractivity contribution in [3.63, 3.8) is 0 Å².